The van der Waals surface area contributed by atoms with Crippen molar-refractivity contribution < 1.29 is 18.7 Å². The first-order valence-electron chi connectivity index (χ1n) is 7.48. The van der Waals surface area contributed by atoms with E-state index in [2.05, 4.69) is 10.1 Å². The number of carbonyl (C=O) groups excluding carboxylic acids is 1. The number of halogens is 1. The van der Waals surface area contributed by atoms with Crippen LogP contribution in [0, 0.1) is 5.82 Å². The number of aromatic nitrogens is 3. The van der Waals surface area contributed by atoms with Crippen molar-refractivity contribution in [1.29, 1.82) is 0 Å². The number of ether oxygens (including phenoxy) is 2. The van der Waals surface area contributed by atoms with Gasteiger partial charge in [0.25, 0.3) is 5.91 Å². The maximum Gasteiger partial charge on any atom is 0.286 e. The highest BCUT2D eigenvalue weighted by atomic mass is 32.1. The van der Waals surface area contributed by atoms with Crippen LogP contribution in [0.1, 0.15) is 10.4 Å². The second kappa shape index (κ2) is 7.16. The van der Waals surface area contributed by atoms with Gasteiger partial charge in [0.15, 0.2) is 4.80 Å². The highest BCUT2D eigenvalue weighted by molar-refractivity contribution is 7.16. The molecule has 9 heteroatoms. The van der Waals surface area contributed by atoms with Crippen molar-refractivity contribution in [3.63, 3.8) is 0 Å². The number of aryl methyl sites for hydroxylation is 1. The largest absolute Gasteiger partial charge is 0.479 e. The van der Waals surface area contributed by atoms with Crippen LogP contribution < -0.4 is 9.54 Å². The lowest BCUT2D eigenvalue weighted by Gasteiger charge is -2.04. The normalized spacial score (nSPS) is 12.1. The molecule has 2 aromatic heterocycles. The van der Waals surface area contributed by atoms with E-state index >= 15 is 0 Å². The molecule has 2 heterocycles. The second-order valence-electron chi connectivity index (χ2n) is 5.26. The lowest BCUT2D eigenvalue weighted by Crippen LogP contribution is -2.20. The number of para-hydroxylation sites is 1. The molecule has 25 heavy (non-hydrogen) atoms. The van der Waals surface area contributed by atoms with E-state index in [1.165, 1.54) is 35.4 Å². The van der Waals surface area contributed by atoms with Gasteiger partial charge in [0, 0.05) is 26.9 Å². The Bertz CT molecular complexity index is 989. The van der Waals surface area contributed by atoms with Gasteiger partial charge < -0.3 is 14.0 Å². The summed E-state index contributed by atoms with van der Waals surface area (Å²) in [4.78, 5) is 17.1. The Morgan fingerprint density at radius 3 is 2.92 bits per heavy atom. The number of rotatable bonds is 5. The molecule has 0 unspecified atom stereocenters. The molecule has 3 rings (SSSR count). The minimum Gasteiger partial charge on any atom is -0.479 e. The molecule has 3 aromatic rings. The van der Waals surface area contributed by atoms with Gasteiger partial charge in [-0.3, -0.25) is 9.48 Å². The van der Waals surface area contributed by atoms with Crippen molar-refractivity contribution in [3.05, 3.63) is 40.6 Å². The monoisotopic (exact) mass is 364 g/mol. The molecule has 0 spiro atoms. The number of methoxy groups -OCH3 is 2. The fraction of sp³-hybridized carbons (Fsp3) is 0.312. The number of hydrogen-bond donors (Lipinski definition) is 0. The molecule has 0 aliphatic carbocycles. The lowest BCUT2D eigenvalue weighted by atomic mass is 10.3. The van der Waals surface area contributed by atoms with Crippen LogP contribution in [0.4, 0.5) is 4.39 Å². The molecule has 0 fully saturated rings. The number of fused-ring (bicyclic) bond motifs is 1. The molecule has 1 amide bonds. The van der Waals surface area contributed by atoms with Gasteiger partial charge in [-0.15, -0.1) is 5.10 Å². The third-order valence-corrected chi connectivity index (χ3v) is 4.63. The minimum atomic E-state index is -0.497. The van der Waals surface area contributed by atoms with Crippen LogP contribution >= 0.6 is 11.3 Å². The standard InChI is InChI=1S/C16H17FN4O3S/c1-20-9-10(15(19-20)24-3)14(22)18-16-21(7-8-23-2)13-11(17)5-4-6-12(13)25-16/h4-6,9H,7-8H2,1-3H3. The molecule has 7 nitrogen and oxygen atoms in total. The van der Waals surface area contributed by atoms with Gasteiger partial charge in [-0.1, -0.05) is 17.4 Å². The molecule has 132 valence electrons. The number of benzene rings is 1. The first-order valence-corrected chi connectivity index (χ1v) is 8.30. The molecule has 0 aliphatic rings. The van der Waals surface area contributed by atoms with Gasteiger partial charge in [-0.25, -0.2) is 4.39 Å². The van der Waals surface area contributed by atoms with E-state index in [0.29, 0.717) is 28.2 Å². The summed E-state index contributed by atoms with van der Waals surface area (Å²) in [5.41, 5.74) is 0.662. The van der Waals surface area contributed by atoms with E-state index in [1.54, 1.807) is 30.9 Å². The van der Waals surface area contributed by atoms with E-state index in [9.17, 15) is 9.18 Å². The summed E-state index contributed by atoms with van der Waals surface area (Å²) in [6.07, 6.45) is 1.54. The van der Waals surface area contributed by atoms with E-state index in [-0.39, 0.29) is 17.3 Å². The molecule has 1 aromatic carbocycles. The smallest absolute Gasteiger partial charge is 0.286 e. The Kier molecular flexibility index (Phi) is 4.95. The first kappa shape index (κ1) is 17.3. The van der Waals surface area contributed by atoms with E-state index < -0.39 is 5.91 Å². The predicted octanol–water partition coefficient (Wildman–Crippen LogP) is 1.97. The van der Waals surface area contributed by atoms with Gasteiger partial charge >= 0.3 is 0 Å². The summed E-state index contributed by atoms with van der Waals surface area (Å²) in [5, 5.41) is 4.05. The van der Waals surface area contributed by atoms with Crippen molar-refractivity contribution in [2.75, 3.05) is 20.8 Å². The summed E-state index contributed by atoms with van der Waals surface area (Å²) in [7, 11) is 4.69. The predicted molar refractivity (Wildman–Crippen MR) is 91.3 cm³/mol. The van der Waals surface area contributed by atoms with E-state index in [4.69, 9.17) is 9.47 Å². The van der Waals surface area contributed by atoms with Crippen molar-refractivity contribution in [1.82, 2.24) is 14.3 Å². The fourth-order valence-corrected chi connectivity index (χ4v) is 3.54. The minimum absolute atomic E-state index is 0.201. The molecular weight excluding hydrogens is 347 g/mol. The van der Waals surface area contributed by atoms with Crippen LogP contribution in [0.5, 0.6) is 5.88 Å². The summed E-state index contributed by atoms with van der Waals surface area (Å²) >= 11 is 1.24. The van der Waals surface area contributed by atoms with Crippen molar-refractivity contribution in [2.45, 2.75) is 6.54 Å². The zero-order valence-corrected chi connectivity index (χ0v) is 14.8. The van der Waals surface area contributed by atoms with Crippen molar-refractivity contribution in [3.8, 4) is 5.88 Å². The van der Waals surface area contributed by atoms with Crippen molar-refractivity contribution in [2.24, 2.45) is 12.0 Å². The third kappa shape index (κ3) is 3.33. The molecule has 0 saturated carbocycles. The van der Waals surface area contributed by atoms with Crippen LogP contribution in [0.25, 0.3) is 10.2 Å². The van der Waals surface area contributed by atoms with Gasteiger partial charge in [0.2, 0.25) is 5.88 Å². The summed E-state index contributed by atoms with van der Waals surface area (Å²) in [6.45, 7) is 0.755. The fourth-order valence-electron chi connectivity index (χ4n) is 2.47. The zero-order chi connectivity index (χ0) is 18.0. The molecule has 0 atom stereocenters. The molecule has 0 bridgehead atoms. The zero-order valence-electron chi connectivity index (χ0n) is 14.0. The Balaban J connectivity index is 2.14. The summed E-state index contributed by atoms with van der Waals surface area (Å²) in [5.74, 6) is -0.659. The number of hydrogen-bond acceptors (Lipinski definition) is 5. The highest BCUT2D eigenvalue weighted by Crippen LogP contribution is 2.21. The molecule has 0 radical (unpaired) electrons. The maximum atomic E-state index is 14.3. The molecule has 0 saturated heterocycles. The summed E-state index contributed by atoms with van der Waals surface area (Å²) in [6, 6.07) is 4.80. The van der Waals surface area contributed by atoms with Crippen LogP contribution in [0.3, 0.4) is 0 Å². The van der Waals surface area contributed by atoms with E-state index in [1.807, 2.05) is 0 Å². The van der Waals surface area contributed by atoms with Crippen LogP contribution in [0.15, 0.2) is 29.4 Å². The average molecular weight is 364 g/mol. The number of nitrogens with zero attached hydrogens (tertiary/aromatic N) is 4. The van der Waals surface area contributed by atoms with Crippen LogP contribution in [0.2, 0.25) is 0 Å². The number of amides is 1. The van der Waals surface area contributed by atoms with Crippen LogP contribution in [-0.2, 0) is 18.3 Å². The lowest BCUT2D eigenvalue weighted by molar-refractivity contribution is 0.0994. The Hall–Kier alpha value is -2.52. The Labute approximate surface area is 146 Å². The molecule has 0 aliphatic heterocycles. The quantitative estimate of drug-likeness (QED) is 0.694. The first-order chi connectivity index (χ1) is 12.0. The molecule has 0 N–H and O–H groups in total. The third-order valence-electron chi connectivity index (χ3n) is 3.59. The van der Waals surface area contributed by atoms with Gasteiger partial charge in [-0.05, 0) is 12.1 Å². The SMILES string of the molecule is COCCn1c(=NC(=O)c2cn(C)nc2OC)sc2cccc(F)c21. The highest BCUT2D eigenvalue weighted by Gasteiger charge is 2.17. The van der Waals surface area contributed by atoms with Gasteiger partial charge in [0.05, 0.1) is 23.9 Å². The Morgan fingerprint density at radius 1 is 1.40 bits per heavy atom. The van der Waals surface area contributed by atoms with Gasteiger partial charge in [-0.2, -0.15) is 4.99 Å². The van der Waals surface area contributed by atoms with Gasteiger partial charge in [0.1, 0.15) is 11.4 Å². The number of carbonyl (C=O) groups is 1. The Morgan fingerprint density at radius 2 is 2.20 bits per heavy atom. The molecular formula is C16H17FN4O3S. The van der Waals surface area contributed by atoms with E-state index in [0.717, 1.165) is 0 Å². The average Bonchev–Trinajstić information content (AvgIpc) is 3.13. The topological polar surface area (TPSA) is 70.6 Å². The number of thiazole rings is 1. The van der Waals surface area contributed by atoms with Crippen molar-refractivity contribution >= 4 is 27.5 Å². The summed E-state index contributed by atoms with van der Waals surface area (Å²) < 4.78 is 28.3. The second-order valence-corrected chi connectivity index (χ2v) is 6.27. The maximum absolute atomic E-state index is 14.3. The van der Waals surface area contributed by atoms with Crippen LogP contribution in [-0.4, -0.2) is 41.1 Å².